The van der Waals surface area contributed by atoms with E-state index in [9.17, 15) is 4.79 Å². The molecule has 0 saturated carbocycles. The maximum Gasteiger partial charge on any atom is 0.277 e. The van der Waals surface area contributed by atoms with Crippen LogP contribution < -0.4 is 10.1 Å². The van der Waals surface area contributed by atoms with Crippen LogP contribution in [0.5, 0.6) is 5.75 Å². The standard InChI is InChI=1S/C17H19N5O2/c1-10-14(12-7-5-6-8-13(12)24-4)16(22(3)21-10)20-17(23)15-11(2)18-9-19-15/h5-9H,1-4H3,(H,18,19)(H,20,23). The van der Waals surface area contributed by atoms with E-state index in [1.807, 2.05) is 31.2 Å². The fourth-order valence-electron chi connectivity index (χ4n) is 2.73. The number of hydrogen-bond donors (Lipinski definition) is 2. The Kier molecular flexibility index (Phi) is 4.07. The van der Waals surface area contributed by atoms with E-state index in [0.717, 1.165) is 22.6 Å². The van der Waals surface area contributed by atoms with Crippen LogP contribution in [-0.4, -0.2) is 32.8 Å². The topological polar surface area (TPSA) is 84.8 Å². The first-order valence-corrected chi connectivity index (χ1v) is 7.51. The molecule has 0 aliphatic heterocycles. The number of aromatic amines is 1. The van der Waals surface area contributed by atoms with Crippen LogP contribution in [0.3, 0.4) is 0 Å². The molecule has 0 saturated heterocycles. The minimum atomic E-state index is -0.284. The van der Waals surface area contributed by atoms with Crippen molar-refractivity contribution >= 4 is 11.7 Å². The molecule has 0 bridgehead atoms. The van der Waals surface area contributed by atoms with Gasteiger partial charge >= 0.3 is 0 Å². The van der Waals surface area contributed by atoms with Crippen LogP contribution in [0.1, 0.15) is 21.9 Å². The molecule has 7 heteroatoms. The molecule has 0 atom stereocenters. The number of rotatable bonds is 4. The lowest BCUT2D eigenvalue weighted by atomic mass is 10.0. The van der Waals surface area contributed by atoms with Gasteiger partial charge in [0.05, 0.1) is 24.7 Å². The molecule has 0 unspecified atom stereocenters. The average Bonchev–Trinajstić information content (AvgIpc) is 3.11. The van der Waals surface area contributed by atoms with Gasteiger partial charge in [-0.05, 0) is 19.9 Å². The Morgan fingerprint density at radius 3 is 2.71 bits per heavy atom. The number of amides is 1. The molecule has 124 valence electrons. The van der Waals surface area contributed by atoms with Crippen LogP contribution in [-0.2, 0) is 7.05 Å². The second-order valence-corrected chi connectivity index (χ2v) is 5.46. The number of aryl methyl sites for hydroxylation is 3. The van der Waals surface area contributed by atoms with Crippen molar-refractivity contribution in [2.75, 3.05) is 12.4 Å². The zero-order valence-corrected chi connectivity index (χ0v) is 14.0. The fraction of sp³-hybridized carbons (Fsp3) is 0.235. The second-order valence-electron chi connectivity index (χ2n) is 5.46. The number of ether oxygens (including phenoxy) is 1. The van der Waals surface area contributed by atoms with E-state index in [2.05, 4.69) is 20.4 Å². The minimum Gasteiger partial charge on any atom is -0.496 e. The van der Waals surface area contributed by atoms with Crippen molar-refractivity contribution in [1.29, 1.82) is 0 Å². The number of benzene rings is 1. The Morgan fingerprint density at radius 1 is 1.29 bits per heavy atom. The number of aromatic nitrogens is 4. The molecule has 24 heavy (non-hydrogen) atoms. The van der Waals surface area contributed by atoms with E-state index >= 15 is 0 Å². The van der Waals surface area contributed by atoms with Crippen molar-refractivity contribution in [3.05, 3.63) is 47.7 Å². The number of methoxy groups -OCH3 is 1. The molecule has 2 heterocycles. The summed E-state index contributed by atoms with van der Waals surface area (Å²) in [6.07, 6.45) is 1.50. The van der Waals surface area contributed by atoms with Gasteiger partial charge in [0.15, 0.2) is 0 Å². The van der Waals surface area contributed by atoms with Crippen LogP contribution in [0.15, 0.2) is 30.6 Å². The van der Waals surface area contributed by atoms with Crippen LogP contribution >= 0.6 is 0 Å². The number of H-pyrrole nitrogens is 1. The minimum absolute atomic E-state index is 0.284. The third kappa shape index (κ3) is 2.64. The summed E-state index contributed by atoms with van der Waals surface area (Å²) in [6, 6.07) is 7.65. The van der Waals surface area contributed by atoms with Gasteiger partial charge in [-0.1, -0.05) is 18.2 Å². The van der Waals surface area contributed by atoms with Gasteiger partial charge in [-0.15, -0.1) is 0 Å². The first-order valence-electron chi connectivity index (χ1n) is 7.51. The van der Waals surface area contributed by atoms with Crippen LogP contribution in [0.2, 0.25) is 0 Å². The van der Waals surface area contributed by atoms with E-state index in [4.69, 9.17) is 4.74 Å². The Labute approximate surface area is 139 Å². The first kappa shape index (κ1) is 15.8. The van der Waals surface area contributed by atoms with Crippen molar-refractivity contribution in [2.45, 2.75) is 13.8 Å². The number of anilines is 1. The Hall–Kier alpha value is -3.09. The summed E-state index contributed by atoms with van der Waals surface area (Å²) >= 11 is 0. The fourth-order valence-corrected chi connectivity index (χ4v) is 2.73. The molecule has 1 aromatic carbocycles. The molecule has 3 rings (SSSR count). The predicted octanol–water partition coefficient (Wildman–Crippen LogP) is 2.69. The highest BCUT2D eigenvalue weighted by molar-refractivity contribution is 6.05. The van der Waals surface area contributed by atoms with Crippen molar-refractivity contribution < 1.29 is 9.53 Å². The van der Waals surface area contributed by atoms with Crippen LogP contribution in [0, 0.1) is 13.8 Å². The van der Waals surface area contributed by atoms with E-state index in [0.29, 0.717) is 17.2 Å². The van der Waals surface area contributed by atoms with E-state index < -0.39 is 0 Å². The van der Waals surface area contributed by atoms with Gasteiger partial charge < -0.3 is 15.0 Å². The van der Waals surface area contributed by atoms with Gasteiger partial charge in [0.25, 0.3) is 5.91 Å². The lowest BCUT2D eigenvalue weighted by Gasteiger charge is -2.11. The van der Waals surface area contributed by atoms with Crippen LogP contribution in [0.25, 0.3) is 11.1 Å². The van der Waals surface area contributed by atoms with Gasteiger partial charge in [0, 0.05) is 18.3 Å². The zero-order chi connectivity index (χ0) is 17.3. The molecule has 2 aromatic heterocycles. The summed E-state index contributed by atoms with van der Waals surface area (Å²) in [5.74, 6) is 1.04. The lowest BCUT2D eigenvalue weighted by Crippen LogP contribution is -2.16. The van der Waals surface area contributed by atoms with E-state index in [-0.39, 0.29) is 5.91 Å². The summed E-state index contributed by atoms with van der Waals surface area (Å²) < 4.78 is 7.10. The number of imidazole rings is 1. The number of hydrogen-bond acceptors (Lipinski definition) is 4. The summed E-state index contributed by atoms with van der Waals surface area (Å²) in [7, 11) is 3.41. The highest BCUT2D eigenvalue weighted by atomic mass is 16.5. The van der Waals surface area contributed by atoms with Gasteiger partial charge in [-0.3, -0.25) is 9.48 Å². The molecule has 0 aliphatic carbocycles. The average molecular weight is 325 g/mol. The maximum absolute atomic E-state index is 12.5. The van der Waals surface area contributed by atoms with Crippen molar-refractivity contribution in [3.63, 3.8) is 0 Å². The Balaban J connectivity index is 2.06. The summed E-state index contributed by atoms with van der Waals surface area (Å²) in [6.45, 7) is 3.70. The lowest BCUT2D eigenvalue weighted by molar-refractivity contribution is 0.102. The van der Waals surface area contributed by atoms with Crippen LogP contribution in [0.4, 0.5) is 5.82 Å². The number of carbonyl (C=O) groups is 1. The summed E-state index contributed by atoms with van der Waals surface area (Å²) in [5, 5.41) is 7.35. The van der Waals surface area contributed by atoms with Crippen molar-refractivity contribution in [2.24, 2.45) is 7.05 Å². The molecule has 0 spiro atoms. The molecular formula is C17H19N5O2. The Morgan fingerprint density at radius 2 is 2.04 bits per heavy atom. The highest BCUT2D eigenvalue weighted by Gasteiger charge is 2.21. The molecule has 2 N–H and O–H groups in total. The molecule has 0 radical (unpaired) electrons. The second kappa shape index (κ2) is 6.19. The Bertz CT molecular complexity index is 894. The molecule has 0 aliphatic rings. The number of para-hydroxylation sites is 1. The van der Waals surface area contributed by atoms with Crippen molar-refractivity contribution in [1.82, 2.24) is 19.7 Å². The van der Waals surface area contributed by atoms with E-state index in [1.165, 1.54) is 6.33 Å². The molecule has 3 aromatic rings. The zero-order valence-electron chi connectivity index (χ0n) is 14.0. The van der Waals surface area contributed by atoms with Gasteiger partial charge in [0.1, 0.15) is 17.3 Å². The first-order chi connectivity index (χ1) is 11.5. The van der Waals surface area contributed by atoms with Crippen molar-refractivity contribution in [3.8, 4) is 16.9 Å². The largest absolute Gasteiger partial charge is 0.496 e. The maximum atomic E-state index is 12.5. The quantitative estimate of drug-likeness (QED) is 0.772. The third-order valence-electron chi connectivity index (χ3n) is 3.88. The molecule has 0 fully saturated rings. The SMILES string of the molecule is COc1ccccc1-c1c(C)nn(C)c1NC(=O)c1nc[nH]c1C. The van der Waals surface area contributed by atoms with Gasteiger partial charge in [-0.25, -0.2) is 4.98 Å². The number of nitrogens with zero attached hydrogens (tertiary/aromatic N) is 3. The predicted molar refractivity (Wildman–Crippen MR) is 91.2 cm³/mol. The number of carbonyl (C=O) groups excluding carboxylic acids is 1. The van der Waals surface area contributed by atoms with E-state index in [1.54, 1.807) is 25.8 Å². The highest BCUT2D eigenvalue weighted by Crippen LogP contribution is 2.37. The van der Waals surface area contributed by atoms with Gasteiger partial charge in [-0.2, -0.15) is 5.10 Å². The summed E-state index contributed by atoms with van der Waals surface area (Å²) in [5.41, 5.74) is 3.58. The third-order valence-corrected chi connectivity index (χ3v) is 3.88. The van der Waals surface area contributed by atoms with Gasteiger partial charge in [0.2, 0.25) is 0 Å². The molecule has 1 amide bonds. The number of nitrogens with one attached hydrogen (secondary N) is 2. The normalized spacial score (nSPS) is 10.7. The summed E-state index contributed by atoms with van der Waals surface area (Å²) in [4.78, 5) is 19.5. The monoisotopic (exact) mass is 325 g/mol. The molecule has 7 nitrogen and oxygen atoms in total. The smallest absolute Gasteiger partial charge is 0.277 e. The molecular weight excluding hydrogens is 306 g/mol.